The number of aromatic nitrogens is 5. The number of carboxylic acid groups (broad SMARTS) is 2. The van der Waals surface area contributed by atoms with Crippen LogP contribution in [0.5, 0.6) is 0 Å². The Morgan fingerprint density at radius 1 is 0.486 bits per heavy atom. The van der Waals surface area contributed by atoms with Gasteiger partial charge in [0.15, 0.2) is 0 Å². The maximum absolute atomic E-state index is 12.9. The molecule has 0 aliphatic heterocycles. The molecule has 13 heteroatoms. The van der Waals surface area contributed by atoms with Crippen molar-refractivity contribution in [1.29, 1.82) is 0 Å². The SMILES string of the molecule is CN(C)c1cc(CN[C@@H](Cc2cn(C(c3ccccc3)(c3ccccc3)c3ccccc3)cn2)C(=O)O)nc(CN[C@@H](Cc2cn(C(c3ccccc3)(c3ccccc3)c3ccccc3)cn2)C(=O)O)c1.[Zn]. The first kappa shape index (κ1) is 50.6. The van der Waals surface area contributed by atoms with Crippen LogP contribution in [-0.2, 0) is 66.1 Å². The van der Waals surface area contributed by atoms with Crippen molar-refractivity contribution in [3.63, 3.8) is 0 Å². The predicted molar refractivity (Wildman–Crippen MR) is 276 cm³/mol. The van der Waals surface area contributed by atoms with E-state index in [1.807, 2.05) is 153 Å². The Labute approximate surface area is 432 Å². The topological polar surface area (TPSA) is 150 Å². The number of rotatable bonds is 21. The first-order valence-electron chi connectivity index (χ1n) is 23.7. The summed E-state index contributed by atoms with van der Waals surface area (Å²) in [5, 5.41) is 27.6. The Morgan fingerprint density at radius 3 is 1.01 bits per heavy atom. The van der Waals surface area contributed by atoms with Gasteiger partial charge in [0, 0.05) is 77.6 Å². The molecule has 0 aliphatic rings. The van der Waals surface area contributed by atoms with Crippen molar-refractivity contribution in [2.75, 3.05) is 19.0 Å². The molecule has 4 N–H and O–H groups in total. The fraction of sp³-hybridized carbons (Fsp3) is 0.169. The van der Waals surface area contributed by atoms with Gasteiger partial charge in [-0.15, -0.1) is 0 Å². The molecular weight excluding hydrogens is 950 g/mol. The predicted octanol–water partition coefficient (Wildman–Crippen LogP) is 8.79. The normalized spacial score (nSPS) is 12.4. The summed E-state index contributed by atoms with van der Waals surface area (Å²) in [5.74, 6) is -2.04. The molecule has 0 aliphatic carbocycles. The van der Waals surface area contributed by atoms with Gasteiger partial charge in [-0.2, -0.15) is 0 Å². The van der Waals surface area contributed by atoms with Gasteiger partial charge in [0.25, 0.3) is 0 Å². The van der Waals surface area contributed by atoms with Gasteiger partial charge in [-0.05, 0) is 45.5 Å². The minimum atomic E-state index is -1.02. The van der Waals surface area contributed by atoms with E-state index in [4.69, 9.17) is 15.0 Å². The molecule has 9 aromatic rings. The zero-order chi connectivity index (χ0) is 49.2. The zero-order valence-corrected chi connectivity index (χ0v) is 43.3. The van der Waals surface area contributed by atoms with Gasteiger partial charge >= 0.3 is 11.9 Å². The third-order valence-corrected chi connectivity index (χ3v) is 13.1. The van der Waals surface area contributed by atoms with E-state index in [1.54, 1.807) is 12.7 Å². The first-order chi connectivity index (χ1) is 34.7. The Bertz CT molecular complexity index is 2760. The molecule has 0 fully saturated rings. The molecule has 3 heterocycles. The number of hydrogen-bond acceptors (Lipinski definition) is 8. The summed E-state index contributed by atoms with van der Waals surface area (Å²) in [5.41, 5.74) is 7.86. The number of nitrogens with one attached hydrogen (secondary N) is 2. The fourth-order valence-corrected chi connectivity index (χ4v) is 9.71. The van der Waals surface area contributed by atoms with Crippen molar-refractivity contribution in [3.8, 4) is 0 Å². The van der Waals surface area contributed by atoms with E-state index in [0.717, 1.165) is 39.1 Å². The average Bonchev–Trinajstić information content (AvgIpc) is 4.09. The summed E-state index contributed by atoms with van der Waals surface area (Å²) in [7, 11) is 3.83. The quantitative estimate of drug-likeness (QED) is 0.0407. The van der Waals surface area contributed by atoms with E-state index in [0.29, 0.717) is 22.8 Å². The van der Waals surface area contributed by atoms with E-state index >= 15 is 0 Å². The number of anilines is 1. The molecule has 0 spiro atoms. The van der Waals surface area contributed by atoms with Crippen molar-refractivity contribution < 1.29 is 39.3 Å². The van der Waals surface area contributed by atoms with Crippen molar-refractivity contribution in [2.24, 2.45) is 0 Å². The van der Waals surface area contributed by atoms with Gasteiger partial charge in [-0.1, -0.05) is 182 Å². The molecule has 3 aromatic heterocycles. The van der Waals surface area contributed by atoms with E-state index in [1.165, 1.54) is 0 Å². The second-order valence-electron chi connectivity index (χ2n) is 17.8. The Kier molecular flexibility index (Phi) is 16.1. The maximum atomic E-state index is 12.9. The molecule has 9 rings (SSSR count). The number of aliphatic carboxylic acids is 2. The zero-order valence-electron chi connectivity index (χ0n) is 40.4. The Morgan fingerprint density at radius 2 is 0.764 bits per heavy atom. The molecule has 0 unspecified atom stereocenters. The van der Waals surface area contributed by atoms with Gasteiger partial charge in [0.05, 0.1) is 35.4 Å². The van der Waals surface area contributed by atoms with Crippen LogP contribution in [0, 0.1) is 0 Å². The van der Waals surface area contributed by atoms with Crippen molar-refractivity contribution in [2.45, 2.75) is 49.1 Å². The van der Waals surface area contributed by atoms with Gasteiger partial charge < -0.3 is 24.2 Å². The molecule has 2 atom stereocenters. The number of carboxylic acids is 2. The Hall–Kier alpha value is -7.83. The molecule has 12 nitrogen and oxygen atoms in total. The summed E-state index contributed by atoms with van der Waals surface area (Å²) >= 11 is 0. The third kappa shape index (κ3) is 10.6. The van der Waals surface area contributed by atoms with E-state index in [9.17, 15) is 19.8 Å². The summed E-state index contributed by atoms with van der Waals surface area (Å²) in [6, 6.07) is 63.3. The van der Waals surface area contributed by atoms with E-state index < -0.39 is 35.1 Å². The maximum Gasteiger partial charge on any atom is 0.321 e. The van der Waals surface area contributed by atoms with Crippen LogP contribution in [0.15, 0.2) is 219 Å². The number of benzene rings is 6. The first-order valence-corrected chi connectivity index (χ1v) is 23.7. The van der Waals surface area contributed by atoms with Crippen LogP contribution < -0.4 is 15.5 Å². The van der Waals surface area contributed by atoms with Crippen molar-refractivity contribution in [3.05, 3.63) is 275 Å². The van der Waals surface area contributed by atoms with Crippen molar-refractivity contribution in [1.82, 2.24) is 34.7 Å². The Balaban J connectivity index is 0.00000693. The third-order valence-electron chi connectivity index (χ3n) is 13.1. The number of pyridine rings is 1. The van der Waals surface area contributed by atoms with Crippen LogP contribution in [0.1, 0.15) is 56.2 Å². The summed E-state index contributed by atoms with van der Waals surface area (Å²) in [6.45, 7) is 0.278. The molecular formula is C59H56N8O4Zn. The van der Waals surface area contributed by atoms with E-state index in [-0.39, 0.29) is 45.4 Å². The molecule has 0 saturated carbocycles. The van der Waals surface area contributed by atoms with Crippen LogP contribution in [0.25, 0.3) is 0 Å². The summed E-state index contributed by atoms with van der Waals surface area (Å²) in [4.78, 5) is 42.2. The largest absolute Gasteiger partial charge is 0.480 e. The van der Waals surface area contributed by atoms with Gasteiger partial charge in [0.2, 0.25) is 0 Å². The molecule has 0 bridgehead atoms. The molecule has 0 saturated heterocycles. The fourth-order valence-electron chi connectivity index (χ4n) is 9.71. The van der Waals surface area contributed by atoms with Crippen LogP contribution in [0.2, 0.25) is 0 Å². The number of nitrogens with zero attached hydrogens (tertiary/aromatic N) is 6. The monoisotopic (exact) mass is 1000 g/mol. The second kappa shape index (κ2) is 22.9. The van der Waals surface area contributed by atoms with E-state index in [2.05, 4.69) is 92.6 Å². The molecule has 0 amide bonds. The van der Waals surface area contributed by atoms with Crippen LogP contribution >= 0.6 is 0 Å². The van der Waals surface area contributed by atoms with Gasteiger partial charge in [0.1, 0.15) is 23.2 Å². The number of hydrogen-bond donors (Lipinski definition) is 4. The minimum absolute atomic E-state index is 0. The van der Waals surface area contributed by atoms with Crippen molar-refractivity contribution >= 4 is 17.6 Å². The van der Waals surface area contributed by atoms with Crippen LogP contribution in [0.3, 0.4) is 0 Å². The van der Waals surface area contributed by atoms with Gasteiger partial charge in [-0.3, -0.25) is 25.2 Å². The smallest absolute Gasteiger partial charge is 0.321 e. The summed E-state index contributed by atoms with van der Waals surface area (Å²) < 4.78 is 4.15. The van der Waals surface area contributed by atoms with Gasteiger partial charge in [-0.25, -0.2) is 9.97 Å². The second-order valence-corrected chi connectivity index (χ2v) is 17.8. The average molecular weight is 1010 g/mol. The number of imidazole rings is 2. The minimum Gasteiger partial charge on any atom is -0.480 e. The summed E-state index contributed by atoms with van der Waals surface area (Å²) in [6.07, 6.45) is 7.66. The van der Waals surface area contributed by atoms with Crippen LogP contribution in [-0.4, -0.2) is 72.4 Å². The molecule has 0 radical (unpaired) electrons. The molecule has 72 heavy (non-hydrogen) atoms. The van der Waals surface area contributed by atoms with Crippen LogP contribution in [0.4, 0.5) is 5.69 Å². The number of carbonyl (C=O) groups is 2. The molecule has 358 valence electrons. The standard InChI is InChI=1S/C59H56N8O4.Zn/c1-65(2)53-33-49(37-60-54(56(68)69)35-51-39-66(41-62-51)58(43-21-9-3-10-22-43,44-23-11-4-12-24-44)45-25-13-5-14-26-45)64-50(34-53)38-61-55(57(70)71)36-52-40-67(42-63-52)59(46-27-15-6-16-28-46,47-29-17-7-18-30-47)48-31-19-8-20-32-48;/h3-34,39-42,54-55,60-61H,35-38H2,1-2H3,(H,68,69)(H,70,71);/t54-,55-;/m0./s1. The molecule has 6 aromatic carbocycles.